The summed E-state index contributed by atoms with van der Waals surface area (Å²) in [6, 6.07) is 4.31. The molecule has 1 aromatic rings. The summed E-state index contributed by atoms with van der Waals surface area (Å²) in [4.78, 5) is 0. The summed E-state index contributed by atoms with van der Waals surface area (Å²) in [6.07, 6.45) is -0.00329. The lowest BCUT2D eigenvalue weighted by Gasteiger charge is -2.18. The van der Waals surface area contributed by atoms with Gasteiger partial charge in [-0.3, -0.25) is 0 Å². The molecule has 4 nitrogen and oxygen atoms in total. The predicted octanol–water partition coefficient (Wildman–Crippen LogP) is 1.17. The fourth-order valence-corrected chi connectivity index (χ4v) is 1.35. The highest BCUT2D eigenvalue weighted by molar-refractivity contribution is 5.46. The Balaban J connectivity index is 3.08. The SMILES string of the molecule is CC(C)Oc1cccc(O)c1C(N)CO. The van der Waals surface area contributed by atoms with Gasteiger partial charge in [-0.2, -0.15) is 0 Å². The van der Waals surface area contributed by atoms with E-state index in [4.69, 9.17) is 15.6 Å². The van der Waals surface area contributed by atoms with Gasteiger partial charge in [0.1, 0.15) is 11.5 Å². The zero-order chi connectivity index (χ0) is 11.4. The summed E-state index contributed by atoms with van der Waals surface area (Å²) in [6.45, 7) is 3.54. The van der Waals surface area contributed by atoms with Gasteiger partial charge in [-0.05, 0) is 26.0 Å². The predicted molar refractivity (Wildman–Crippen MR) is 57.9 cm³/mol. The van der Waals surface area contributed by atoms with Gasteiger partial charge in [-0.25, -0.2) is 0 Å². The van der Waals surface area contributed by atoms with Crippen molar-refractivity contribution in [1.29, 1.82) is 0 Å². The molecule has 4 heteroatoms. The lowest BCUT2D eigenvalue weighted by Crippen LogP contribution is -2.17. The number of benzene rings is 1. The molecule has 0 amide bonds. The smallest absolute Gasteiger partial charge is 0.128 e. The van der Waals surface area contributed by atoms with Crippen molar-refractivity contribution in [3.05, 3.63) is 23.8 Å². The topological polar surface area (TPSA) is 75.7 Å². The standard InChI is InChI=1S/C11H17NO3/c1-7(2)15-10-5-3-4-9(14)11(10)8(12)6-13/h3-5,7-8,13-14H,6,12H2,1-2H3. The van der Waals surface area contributed by atoms with Crippen molar-refractivity contribution >= 4 is 0 Å². The monoisotopic (exact) mass is 211 g/mol. The number of hydrogen-bond donors (Lipinski definition) is 3. The van der Waals surface area contributed by atoms with Crippen molar-refractivity contribution in [1.82, 2.24) is 0 Å². The Hall–Kier alpha value is -1.26. The van der Waals surface area contributed by atoms with Crippen LogP contribution >= 0.6 is 0 Å². The van der Waals surface area contributed by atoms with Crippen molar-refractivity contribution < 1.29 is 14.9 Å². The molecule has 0 radical (unpaired) electrons. The number of aliphatic hydroxyl groups is 1. The van der Waals surface area contributed by atoms with Gasteiger partial charge in [0, 0.05) is 0 Å². The van der Waals surface area contributed by atoms with Crippen LogP contribution in [-0.4, -0.2) is 22.9 Å². The van der Waals surface area contributed by atoms with Crippen LogP contribution < -0.4 is 10.5 Å². The Morgan fingerprint density at radius 1 is 1.40 bits per heavy atom. The van der Waals surface area contributed by atoms with Crippen LogP contribution in [0.1, 0.15) is 25.5 Å². The number of aromatic hydroxyl groups is 1. The second kappa shape index (κ2) is 5.00. The third-order valence-corrected chi connectivity index (χ3v) is 1.97. The van der Waals surface area contributed by atoms with Gasteiger partial charge in [0.25, 0.3) is 0 Å². The van der Waals surface area contributed by atoms with Gasteiger partial charge in [0.2, 0.25) is 0 Å². The van der Waals surface area contributed by atoms with Crippen LogP contribution in [-0.2, 0) is 0 Å². The average Bonchev–Trinajstić information content (AvgIpc) is 2.16. The highest BCUT2D eigenvalue weighted by atomic mass is 16.5. The highest BCUT2D eigenvalue weighted by Gasteiger charge is 2.16. The number of aliphatic hydroxyl groups excluding tert-OH is 1. The van der Waals surface area contributed by atoms with Crippen LogP contribution in [0.5, 0.6) is 11.5 Å². The average molecular weight is 211 g/mol. The van der Waals surface area contributed by atoms with E-state index < -0.39 is 6.04 Å². The molecule has 0 aromatic heterocycles. The summed E-state index contributed by atoms with van der Waals surface area (Å²) in [7, 11) is 0. The first-order chi connectivity index (χ1) is 7.06. The first-order valence-corrected chi connectivity index (χ1v) is 4.91. The Labute approximate surface area is 89.3 Å². The summed E-state index contributed by atoms with van der Waals surface area (Å²) in [5, 5.41) is 18.6. The van der Waals surface area contributed by atoms with Crippen LogP contribution in [0.4, 0.5) is 0 Å². The van der Waals surface area contributed by atoms with Crippen LogP contribution in [0.3, 0.4) is 0 Å². The highest BCUT2D eigenvalue weighted by Crippen LogP contribution is 2.32. The van der Waals surface area contributed by atoms with Crippen molar-refractivity contribution in [2.45, 2.75) is 26.0 Å². The molecule has 0 aliphatic rings. The number of hydrogen-bond acceptors (Lipinski definition) is 4. The Bertz CT molecular complexity index is 326. The molecule has 1 unspecified atom stereocenters. The molecule has 0 saturated carbocycles. The van der Waals surface area contributed by atoms with Crippen LogP contribution in [0, 0.1) is 0 Å². The van der Waals surface area contributed by atoms with Gasteiger partial charge in [0.05, 0.1) is 24.3 Å². The molecule has 0 heterocycles. The minimum absolute atomic E-state index is 0.00329. The van der Waals surface area contributed by atoms with Gasteiger partial charge < -0.3 is 20.7 Å². The first kappa shape index (κ1) is 11.8. The molecule has 1 atom stereocenters. The number of phenols is 1. The number of phenolic OH excluding ortho intramolecular Hbond substituents is 1. The molecule has 0 saturated heterocycles. The maximum atomic E-state index is 9.63. The van der Waals surface area contributed by atoms with Crippen LogP contribution in [0.2, 0.25) is 0 Å². The van der Waals surface area contributed by atoms with E-state index in [2.05, 4.69) is 0 Å². The molecule has 0 aliphatic heterocycles. The molecular weight excluding hydrogens is 194 g/mol. The van der Waals surface area contributed by atoms with E-state index in [9.17, 15) is 5.11 Å². The Kier molecular flexibility index (Phi) is 3.94. The molecule has 0 bridgehead atoms. The molecule has 0 fully saturated rings. The molecular formula is C11H17NO3. The van der Waals surface area contributed by atoms with Crippen molar-refractivity contribution in [2.75, 3.05) is 6.61 Å². The fraction of sp³-hybridized carbons (Fsp3) is 0.455. The third kappa shape index (κ3) is 2.84. The first-order valence-electron chi connectivity index (χ1n) is 4.91. The quantitative estimate of drug-likeness (QED) is 0.698. The normalized spacial score (nSPS) is 12.9. The summed E-state index contributed by atoms with van der Waals surface area (Å²) < 4.78 is 5.50. The summed E-state index contributed by atoms with van der Waals surface area (Å²) in [5.74, 6) is 0.571. The second-order valence-electron chi connectivity index (χ2n) is 3.64. The molecule has 1 rings (SSSR count). The second-order valence-corrected chi connectivity index (χ2v) is 3.64. The third-order valence-electron chi connectivity index (χ3n) is 1.97. The molecule has 0 aliphatic carbocycles. The van der Waals surface area contributed by atoms with Crippen LogP contribution in [0.15, 0.2) is 18.2 Å². The fourth-order valence-electron chi connectivity index (χ4n) is 1.35. The molecule has 0 spiro atoms. The molecule has 4 N–H and O–H groups in total. The molecule has 84 valence electrons. The Morgan fingerprint density at radius 3 is 2.60 bits per heavy atom. The van der Waals surface area contributed by atoms with Crippen molar-refractivity contribution in [2.24, 2.45) is 5.73 Å². The molecule has 15 heavy (non-hydrogen) atoms. The number of rotatable bonds is 4. The van der Waals surface area contributed by atoms with Crippen molar-refractivity contribution in [3.8, 4) is 11.5 Å². The van der Waals surface area contributed by atoms with E-state index in [1.165, 1.54) is 6.07 Å². The van der Waals surface area contributed by atoms with Gasteiger partial charge in [-0.15, -0.1) is 0 Å². The zero-order valence-corrected chi connectivity index (χ0v) is 8.97. The van der Waals surface area contributed by atoms with Gasteiger partial charge in [-0.1, -0.05) is 6.07 Å². The van der Waals surface area contributed by atoms with E-state index in [0.29, 0.717) is 11.3 Å². The summed E-state index contributed by atoms with van der Waals surface area (Å²) in [5.41, 5.74) is 6.13. The lowest BCUT2D eigenvalue weighted by atomic mass is 10.1. The van der Waals surface area contributed by atoms with Crippen LogP contribution in [0.25, 0.3) is 0 Å². The van der Waals surface area contributed by atoms with Gasteiger partial charge in [0.15, 0.2) is 0 Å². The van der Waals surface area contributed by atoms with E-state index in [-0.39, 0.29) is 18.5 Å². The minimum Gasteiger partial charge on any atom is -0.507 e. The largest absolute Gasteiger partial charge is 0.507 e. The lowest BCUT2D eigenvalue weighted by molar-refractivity contribution is 0.227. The molecule has 1 aromatic carbocycles. The number of nitrogens with two attached hydrogens (primary N) is 1. The zero-order valence-electron chi connectivity index (χ0n) is 8.97. The van der Waals surface area contributed by atoms with E-state index in [1.54, 1.807) is 12.1 Å². The van der Waals surface area contributed by atoms with Gasteiger partial charge >= 0.3 is 0 Å². The maximum Gasteiger partial charge on any atom is 0.128 e. The van der Waals surface area contributed by atoms with E-state index >= 15 is 0 Å². The number of ether oxygens (including phenoxy) is 1. The maximum absolute atomic E-state index is 9.63. The van der Waals surface area contributed by atoms with E-state index in [1.807, 2.05) is 13.8 Å². The Morgan fingerprint density at radius 2 is 2.07 bits per heavy atom. The summed E-state index contributed by atoms with van der Waals surface area (Å²) >= 11 is 0. The van der Waals surface area contributed by atoms with Crippen molar-refractivity contribution in [3.63, 3.8) is 0 Å². The van der Waals surface area contributed by atoms with E-state index in [0.717, 1.165) is 0 Å². The minimum atomic E-state index is -0.625.